The molecule has 0 aliphatic heterocycles. The van der Waals surface area contributed by atoms with Crippen LogP contribution in [0.15, 0.2) is 108 Å². The van der Waals surface area contributed by atoms with Crippen molar-refractivity contribution >= 4 is 0 Å². The summed E-state index contributed by atoms with van der Waals surface area (Å²) in [5.41, 5.74) is 8.31. The maximum atomic E-state index is 14.1. The second-order valence-corrected chi connectivity index (χ2v) is 15.6. The Hall–Kier alpha value is -4.29. The van der Waals surface area contributed by atoms with E-state index in [-0.39, 0.29) is 37.5 Å². The first-order valence-corrected chi connectivity index (χ1v) is 17.9. The molecule has 0 bridgehead atoms. The molecule has 0 aliphatic rings. The van der Waals surface area contributed by atoms with Crippen molar-refractivity contribution in [2.24, 2.45) is 5.41 Å². The Kier molecular flexibility index (Phi) is 14.4. The van der Waals surface area contributed by atoms with Gasteiger partial charge in [0.2, 0.25) is 11.8 Å². The molecule has 5 nitrogen and oxygen atoms in total. The quantitative estimate of drug-likeness (QED) is 0.141. The molecule has 1 heterocycles. The first-order chi connectivity index (χ1) is 25.1. The van der Waals surface area contributed by atoms with Gasteiger partial charge >= 0.3 is 21.1 Å². The smallest absolute Gasteiger partial charge is 0.416 e. The first-order valence-electron chi connectivity index (χ1n) is 17.9. The fourth-order valence-corrected chi connectivity index (χ4v) is 5.62. The normalized spacial score (nSPS) is 12.6. The zero-order valence-electron chi connectivity index (χ0n) is 31.9. The number of aromatic nitrogens is 2. The average molecular weight is 910 g/mol. The van der Waals surface area contributed by atoms with Crippen molar-refractivity contribution < 1.29 is 44.5 Å². The zero-order valence-corrected chi connectivity index (χ0v) is 34.1. The van der Waals surface area contributed by atoms with Gasteiger partial charge in [-0.3, -0.25) is 8.78 Å². The molecule has 0 spiro atoms. The van der Waals surface area contributed by atoms with Gasteiger partial charge in [0, 0.05) is 16.9 Å². The van der Waals surface area contributed by atoms with E-state index in [2.05, 4.69) is 91.6 Å². The predicted octanol–water partition coefficient (Wildman–Crippen LogP) is 10.9. The van der Waals surface area contributed by atoms with E-state index in [4.69, 9.17) is 9.52 Å². The minimum atomic E-state index is -0.642. The van der Waals surface area contributed by atoms with Crippen molar-refractivity contribution in [3.63, 3.8) is 0 Å². The third-order valence-corrected chi connectivity index (χ3v) is 9.11. The molecule has 0 amide bonds. The second kappa shape index (κ2) is 18.4. The molecule has 2 atom stereocenters. The van der Waals surface area contributed by atoms with Gasteiger partial charge in [-0.25, -0.2) is 5.56 Å². The van der Waals surface area contributed by atoms with Gasteiger partial charge in [0.25, 0.3) is 0 Å². The molecule has 2 unspecified atom stereocenters. The Morgan fingerprint density at radius 3 is 1.63 bits per heavy atom. The molecule has 54 heavy (non-hydrogen) atoms. The average Bonchev–Trinajstić information content (AvgIpc) is 3.61. The van der Waals surface area contributed by atoms with E-state index in [1.165, 1.54) is 11.1 Å². The molecule has 6 rings (SSSR count). The number of aliphatic hydroxyl groups is 2. The summed E-state index contributed by atoms with van der Waals surface area (Å²) in [6.07, 6.45) is 1.33. The van der Waals surface area contributed by atoms with Gasteiger partial charge in [-0.2, -0.15) is 35.9 Å². The van der Waals surface area contributed by atoms with Crippen molar-refractivity contribution in [1.82, 2.24) is 10.2 Å². The Morgan fingerprint density at radius 2 is 1.17 bits per heavy atom. The van der Waals surface area contributed by atoms with Crippen LogP contribution >= 0.6 is 0 Å². The van der Waals surface area contributed by atoms with Gasteiger partial charge in [0.1, 0.15) is 0 Å². The molecule has 0 saturated carbocycles. The van der Waals surface area contributed by atoms with Gasteiger partial charge in [-0.05, 0) is 82.9 Å². The Labute approximate surface area is 332 Å². The van der Waals surface area contributed by atoms with E-state index < -0.39 is 23.8 Å². The monoisotopic (exact) mass is 909 g/mol. The van der Waals surface area contributed by atoms with Crippen LogP contribution in [0.3, 0.4) is 0 Å². The van der Waals surface area contributed by atoms with Crippen LogP contribution in [0.25, 0.3) is 45.2 Å². The minimum Gasteiger partial charge on any atom is -0.416 e. The van der Waals surface area contributed by atoms with Crippen molar-refractivity contribution in [2.45, 2.75) is 85.4 Å². The zero-order chi connectivity index (χ0) is 38.3. The molecular formula is C46H48F2N2O3Pt. The van der Waals surface area contributed by atoms with E-state index in [1.54, 1.807) is 13.0 Å². The number of halogens is 2. The predicted molar refractivity (Wildman–Crippen MR) is 208 cm³/mol. The molecule has 0 aliphatic carbocycles. The fourth-order valence-electron chi connectivity index (χ4n) is 5.62. The van der Waals surface area contributed by atoms with Crippen molar-refractivity contribution in [3.8, 4) is 45.2 Å². The van der Waals surface area contributed by atoms with Gasteiger partial charge < -0.3 is 14.6 Å². The molecule has 1 aromatic heterocycles. The van der Waals surface area contributed by atoms with Crippen molar-refractivity contribution in [3.05, 3.63) is 144 Å². The summed E-state index contributed by atoms with van der Waals surface area (Å²) in [6, 6.07) is 38.3. The molecule has 0 fully saturated rings. The standard InChI is InChI=1S/C38H30F2N2O.C8H18O2.Pt/c1-38(2,3)32-20-18-31(19-21-32)37-42-41-36(43-37)30-16-14-28(15-17-30)27-10-6-25(7-11-27)4-5-26-8-12-29(13-9-26)34-23-22-33(39)24-35(34)40;1-6(9)5-7(10)8(2,3)4;/h6-12,14-22,24H,4-5H2,1-3H3;6-7,9-10H,5H2,1-4H3;/q-2;;+2. The largest absolute Gasteiger partial charge is 2.00 e. The van der Waals surface area contributed by atoms with Crippen LogP contribution < -0.4 is 0 Å². The van der Waals surface area contributed by atoms with Crippen molar-refractivity contribution in [2.75, 3.05) is 0 Å². The molecule has 2 N–H and O–H groups in total. The van der Waals surface area contributed by atoms with Crippen LogP contribution in [0.5, 0.6) is 0 Å². The fraction of sp³-hybridized carbons (Fsp3) is 0.304. The topological polar surface area (TPSA) is 79.4 Å². The number of aliphatic hydroxyl groups excluding tert-OH is 2. The van der Waals surface area contributed by atoms with Crippen LogP contribution in [0.1, 0.15) is 71.6 Å². The van der Waals surface area contributed by atoms with E-state index in [9.17, 15) is 13.9 Å². The number of benzene rings is 5. The molecule has 0 radical (unpaired) electrons. The summed E-state index contributed by atoms with van der Waals surface area (Å²) in [4.78, 5) is 0. The summed E-state index contributed by atoms with van der Waals surface area (Å²) in [5, 5.41) is 26.9. The van der Waals surface area contributed by atoms with E-state index in [0.717, 1.165) is 52.8 Å². The first kappa shape index (κ1) is 42.4. The third kappa shape index (κ3) is 11.6. The van der Waals surface area contributed by atoms with Crippen molar-refractivity contribution in [1.29, 1.82) is 0 Å². The molecule has 6 aromatic rings. The maximum Gasteiger partial charge on any atom is 2.00 e. The van der Waals surface area contributed by atoms with E-state index in [0.29, 0.717) is 23.8 Å². The molecule has 8 heteroatoms. The van der Waals surface area contributed by atoms with Crippen LogP contribution in [-0.4, -0.2) is 32.6 Å². The van der Waals surface area contributed by atoms with Gasteiger partial charge in [0.15, 0.2) is 0 Å². The number of rotatable bonds is 9. The molecule has 5 aromatic carbocycles. The third-order valence-electron chi connectivity index (χ3n) is 9.11. The summed E-state index contributed by atoms with van der Waals surface area (Å²) < 4.78 is 33.2. The molecule has 0 saturated heterocycles. The van der Waals surface area contributed by atoms with Crippen LogP contribution in [0.2, 0.25) is 0 Å². The Bertz CT molecular complexity index is 2060. The SMILES string of the molecule is CC(C)(C)c1ccc(-c2nnc(-c3ccc(-c4ccc(CCc5c[c-]c(-c6[c-]cc(F)cc6F)cc5)cc4)cc3)o2)cc1.CC(O)CC(O)C(C)(C)C.[Pt+2]. The Balaban J connectivity index is 0.000000521. The van der Waals surface area contributed by atoms with Gasteiger partial charge in [-0.15, -0.1) is 21.8 Å². The second-order valence-electron chi connectivity index (χ2n) is 15.6. The summed E-state index contributed by atoms with van der Waals surface area (Å²) in [7, 11) is 0. The minimum absolute atomic E-state index is 0. The van der Waals surface area contributed by atoms with E-state index in [1.807, 2.05) is 57.2 Å². The maximum absolute atomic E-state index is 14.1. The number of hydrogen-bond acceptors (Lipinski definition) is 5. The number of hydrogen-bond donors (Lipinski definition) is 2. The summed E-state index contributed by atoms with van der Waals surface area (Å²) in [6.45, 7) is 14.1. The molecule has 284 valence electrons. The van der Waals surface area contributed by atoms with Gasteiger partial charge in [-0.1, -0.05) is 103 Å². The number of aryl methyl sites for hydroxylation is 2. The Morgan fingerprint density at radius 1 is 0.667 bits per heavy atom. The number of nitrogens with zero attached hydrogens (tertiary/aromatic N) is 2. The van der Waals surface area contributed by atoms with Gasteiger partial charge in [0.05, 0.1) is 12.2 Å². The van der Waals surface area contributed by atoms with E-state index >= 15 is 0 Å². The van der Waals surface area contributed by atoms with Crippen LogP contribution in [0.4, 0.5) is 8.78 Å². The van der Waals surface area contributed by atoms with Crippen LogP contribution in [0, 0.1) is 29.2 Å². The summed E-state index contributed by atoms with van der Waals surface area (Å²) >= 11 is 0. The summed E-state index contributed by atoms with van der Waals surface area (Å²) in [5.74, 6) is -0.287. The molecular weight excluding hydrogens is 862 g/mol. The van der Waals surface area contributed by atoms with Crippen LogP contribution in [-0.2, 0) is 39.3 Å².